The second-order valence-electron chi connectivity index (χ2n) is 5.70. The van der Waals surface area contributed by atoms with Gasteiger partial charge in [0.05, 0.1) is 5.71 Å². The summed E-state index contributed by atoms with van der Waals surface area (Å²) in [6.07, 6.45) is 0. The van der Waals surface area contributed by atoms with Crippen LogP contribution >= 0.6 is 0 Å². The number of rotatable bonds is 4. The van der Waals surface area contributed by atoms with E-state index in [0.29, 0.717) is 22.8 Å². The second kappa shape index (κ2) is 7.11. The lowest BCUT2D eigenvalue weighted by Gasteiger charge is -2.08. The van der Waals surface area contributed by atoms with Crippen LogP contribution in [0.1, 0.15) is 21.5 Å². The average Bonchev–Trinajstić information content (AvgIpc) is 3.17. The number of fused-ring (bicyclic) bond motifs is 1. The van der Waals surface area contributed by atoms with Crippen molar-refractivity contribution in [3.8, 4) is 11.5 Å². The minimum Gasteiger partial charge on any atom is -0.454 e. The van der Waals surface area contributed by atoms with Gasteiger partial charge < -0.3 is 9.47 Å². The van der Waals surface area contributed by atoms with Crippen molar-refractivity contribution in [3.63, 3.8) is 0 Å². The van der Waals surface area contributed by atoms with Crippen LogP contribution in [0.2, 0.25) is 0 Å². The van der Waals surface area contributed by atoms with E-state index in [9.17, 15) is 4.79 Å². The number of ether oxygens (including phenoxy) is 2. The second-order valence-corrected chi connectivity index (χ2v) is 5.70. The van der Waals surface area contributed by atoms with Crippen LogP contribution in [-0.4, -0.2) is 18.4 Å². The Bertz CT molecular complexity index is 912. The van der Waals surface area contributed by atoms with Crippen LogP contribution in [0.3, 0.4) is 0 Å². The van der Waals surface area contributed by atoms with E-state index < -0.39 is 0 Å². The highest BCUT2D eigenvalue weighted by Gasteiger charge is 2.16. The quantitative estimate of drug-likeness (QED) is 0.581. The van der Waals surface area contributed by atoms with Crippen molar-refractivity contribution in [3.05, 3.63) is 95.6 Å². The van der Waals surface area contributed by atoms with Gasteiger partial charge in [-0.1, -0.05) is 60.7 Å². The molecule has 1 aliphatic heterocycles. The van der Waals surface area contributed by atoms with Gasteiger partial charge in [-0.25, -0.2) is 5.43 Å². The largest absolute Gasteiger partial charge is 0.454 e. The molecule has 128 valence electrons. The monoisotopic (exact) mass is 344 g/mol. The Kier molecular flexibility index (Phi) is 4.35. The SMILES string of the molecule is O=C(NN=C(c1ccccc1)c1ccccc1)c1ccc2c(c1)OCO2. The van der Waals surface area contributed by atoms with E-state index in [-0.39, 0.29) is 12.7 Å². The molecule has 0 bridgehead atoms. The molecule has 1 amide bonds. The molecule has 0 fully saturated rings. The van der Waals surface area contributed by atoms with Gasteiger partial charge >= 0.3 is 0 Å². The molecule has 0 atom stereocenters. The molecular weight excluding hydrogens is 328 g/mol. The number of hydrogen-bond donors (Lipinski definition) is 1. The van der Waals surface area contributed by atoms with Crippen LogP contribution in [0.25, 0.3) is 0 Å². The van der Waals surface area contributed by atoms with Gasteiger partial charge in [0, 0.05) is 16.7 Å². The molecule has 1 heterocycles. The fourth-order valence-corrected chi connectivity index (χ4v) is 2.70. The summed E-state index contributed by atoms with van der Waals surface area (Å²) in [5.74, 6) is 0.889. The van der Waals surface area contributed by atoms with Gasteiger partial charge in [-0.2, -0.15) is 5.10 Å². The third kappa shape index (κ3) is 3.28. The average molecular weight is 344 g/mol. The number of amides is 1. The van der Waals surface area contributed by atoms with Gasteiger partial charge in [0.25, 0.3) is 5.91 Å². The van der Waals surface area contributed by atoms with Crippen molar-refractivity contribution in [2.24, 2.45) is 5.10 Å². The Labute approximate surface area is 150 Å². The summed E-state index contributed by atoms with van der Waals surface area (Å²) >= 11 is 0. The van der Waals surface area contributed by atoms with E-state index in [0.717, 1.165) is 11.1 Å². The molecule has 26 heavy (non-hydrogen) atoms. The molecule has 0 aromatic heterocycles. The molecule has 1 aliphatic rings. The summed E-state index contributed by atoms with van der Waals surface area (Å²) < 4.78 is 10.6. The third-order valence-electron chi connectivity index (χ3n) is 4.00. The van der Waals surface area contributed by atoms with Crippen molar-refractivity contribution < 1.29 is 14.3 Å². The summed E-state index contributed by atoms with van der Waals surface area (Å²) in [7, 11) is 0. The van der Waals surface area contributed by atoms with Crippen molar-refractivity contribution in [1.29, 1.82) is 0 Å². The van der Waals surface area contributed by atoms with Gasteiger partial charge in [-0.05, 0) is 18.2 Å². The number of hydrogen-bond acceptors (Lipinski definition) is 4. The maximum absolute atomic E-state index is 12.5. The zero-order valence-corrected chi connectivity index (χ0v) is 13.9. The fourth-order valence-electron chi connectivity index (χ4n) is 2.70. The maximum atomic E-state index is 12.5. The summed E-state index contributed by atoms with van der Waals surface area (Å²) in [5.41, 5.74) is 5.63. The minimum atomic E-state index is -0.312. The Balaban J connectivity index is 1.62. The van der Waals surface area contributed by atoms with E-state index in [4.69, 9.17) is 9.47 Å². The van der Waals surface area contributed by atoms with Crippen LogP contribution in [0, 0.1) is 0 Å². The van der Waals surface area contributed by atoms with Crippen molar-refractivity contribution >= 4 is 11.6 Å². The molecule has 0 saturated heterocycles. The predicted octanol–water partition coefficient (Wildman–Crippen LogP) is 3.60. The standard InChI is InChI=1S/C21H16N2O3/c24-21(17-11-12-18-19(13-17)26-14-25-18)23-22-20(15-7-3-1-4-8-15)16-9-5-2-6-10-16/h1-13H,14H2,(H,23,24). The molecule has 3 aromatic carbocycles. The van der Waals surface area contributed by atoms with Crippen LogP contribution < -0.4 is 14.9 Å². The van der Waals surface area contributed by atoms with E-state index in [1.165, 1.54) is 0 Å². The molecular formula is C21H16N2O3. The zero-order valence-electron chi connectivity index (χ0n) is 13.9. The van der Waals surface area contributed by atoms with Gasteiger partial charge in [0.2, 0.25) is 6.79 Å². The van der Waals surface area contributed by atoms with Crippen LogP contribution in [0.5, 0.6) is 11.5 Å². The zero-order chi connectivity index (χ0) is 17.8. The summed E-state index contributed by atoms with van der Waals surface area (Å²) in [5, 5.41) is 4.38. The van der Waals surface area contributed by atoms with E-state index in [2.05, 4.69) is 10.5 Å². The maximum Gasteiger partial charge on any atom is 0.271 e. The number of benzene rings is 3. The fraction of sp³-hybridized carbons (Fsp3) is 0.0476. The van der Waals surface area contributed by atoms with Gasteiger partial charge in [0.1, 0.15) is 0 Å². The molecule has 0 unspecified atom stereocenters. The van der Waals surface area contributed by atoms with E-state index in [1.54, 1.807) is 18.2 Å². The number of carbonyl (C=O) groups excluding carboxylic acids is 1. The first-order valence-corrected chi connectivity index (χ1v) is 8.20. The summed E-state index contributed by atoms with van der Waals surface area (Å²) in [6, 6.07) is 24.5. The summed E-state index contributed by atoms with van der Waals surface area (Å²) in [6.45, 7) is 0.171. The molecule has 4 rings (SSSR count). The van der Waals surface area contributed by atoms with Crippen molar-refractivity contribution in [2.45, 2.75) is 0 Å². The van der Waals surface area contributed by atoms with E-state index >= 15 is 0 Å². The lowest BCUT2D eigenvalue weighted by Crippen LogP contribution is -2.20. The Hall–Kier alpha value is -3.60. The molecule has 0 aliphatic carbocycles. The molecule has 3 aromatic rings. The van der Waals surface area contributed by atoms with Crippen LogP contribution in [-0.2, 0) is 0 Å². The molecule has 0 saturated carbocycles. The predicted molar refractivity (Wildman–Crippen MR) is 98.6 cm³/mol. The Morgan fingerprint density at radius 2 is 1.38 bits per heavy atom. The number of carbonyl (C=O) groups is 1. The first-order chi connectivity index (χ1) is 12.8. The summed E-state index contributed by atoms with van der Waals surface area (Å²) in [4.78, 5) is 12.5. The van der Waals surface area contributed by atoms with E-state index in [1.807, 2.05) is 60.7 Å². The Morgan fingerprint density at radius 3 is 2.04 bits per heavy atom. The highest BCUT2D eigenvalue weighted by molar-refractivity contribution is 6.13. The minimum absolute atomic E-state index is 0.171. The Morgan fingerprint density at radius 1 is 0.769 bits per heavy atom. The molecule has 5 heteroatoms. The van der Waals surface area contributed by atoms with Crippen molar-refractivity contribution in [2.75, 3.05) is 6.79 Å². The van der Waals surface area contributed by atoms with Crippen LogP contribution in [0.15, 0.2) is 84.0 Å². The molecule has 5 nitrogen and oxygen atoms in total. The first-order valence-electron chi connectivity index (χ1n) is 8.20. The number of nitrogens with one attached hydrogen (secondary N) is 1. The topological polar surface area (TPSA) is 59.9 Å². The smallest absolute Gasteiger partial charge is 0.271 e. The van der Waals surface area contributed by atoms with Gasteiger partial charge in [-0.15, -0.1) is 0 Å². The lowest BCUT2D eigenvalue weighted by atomic mass is 10.0. The molecule has 1 N–H and O–H groups in total. The normalized spacial score (nSPS) is 11.7. The highest BCUT2D eigenvalue weighted by Crippen LogP contribution is 2.32. The number of hydrazone groups is 1. The molecule has 0 radical (unpaired) electrons. The van der Waals surface area contributed by atoms with Gasteiger partial charge in [0.15, 0.2) is 11.5 Å². The third-order valence-corrected chi connectivity index (χ3v) is 4.00. The lowest BCUT2D eigenvalue weighted by molar-refractivity contribution is 0.0954. The highest BCUT2D eigenvalue weighted by atomic mass is 16.7. The van der Waals surface area contributed by atoms with Crippen molar-refractivity contribution in [1.82, 2.24) is 5.43 Å². The van der Waals surface area contributed by atoms with Crippen LogP contribution in [0.4, 0.5) is 0 Å². The van der Waals surface area contributed by atoms with Gasteiger partial charge in [-0.3, -0.25) is 4.79 Å². The first kappa shape index (κ1) is 15.9. The number of nitrogens with zero attached hydrogens (tertiary/aromatic N) is 1. The molecule has 0 spiro atoms.